The maximum absolute atomic E-state index is 14.6. The largest absolute Gasteiger partial charge is 0.489 e. The Morgan fingerprint density at radius 1 is 1.05 bits per heavy atom. The smallest absolute Gasteiger partial charge is 0.343 e. The summed E-state index contributed by atoms with van der Waals surface area (Å²) < 4.78 is 31.1. The second-order valence-electron chi connectivity index (χ2n) is 9.35. The molecular weight excluding hydrogens is 469 g/mol. The van der Waals surface area contributed by atoms with Crippen LogP contribution in [-0.4, -0.2) is 32.3 Å². The molecule has 4 aromatic rings. The number of halogens is 1. The average molecular weight is 500 g/mol. The van der Waals surface area contributed by atoms with Gasteiger partial charge in [-0.15, -0.1) is 0 Å². The molecule has 1 N–H and O–H groups in total. The molecule has 0 fully saturated rings. The third-order valence-corrected chi connectivity index (χ3v) is 6.91. The van der Waals surface area contributed by atoms with Gasteiger partial charge in [0.15, 0.2) is 6.61 Å². The number of carbonyl (C=O) groups is 1. The standard InChI is InChI=1S/C31H30FNO4/c1-20(26-12-7-9-21-8-3-4-10-27(21)26)33-18-25-17-29(28-11-5-6-13-30(28)37-25)22-14-23(32)16-24(15-22)36-19-31(34)35-2/h3-16,20,25,29,33H,17-19H2,1-2H3/t20-,25-,29+/m1/s1. The van der Waals surface area contributed by atoms with Crippen molar-refractivity contribution in [2.75, 3.05) is 20.3 Å². The van der Waals surface area contributed by atoms with E-state index >= 15 is 0 Å². The lowest BCUT2D eigenvalue weighted by molar-refractivity contribution is -0.142. The molecule has 0 saturated heterocycles. The Morgan fingerprint density at radius 2 is 1.84 bits per heavy atom. The lowest BCUT2D eigenvalue weighted by Gasteiger charge is -2.33. The second kappa shape index (κ2) is 11.0. The number of para-hydroxylation sites is 1. The Labute approximate surface area is 216 Å². The molecule has 0 saturated carbocycles. The average Bonchev–Trinajstić information content (AvgIpc) is 2.93. The Morgan fingerprint density at radius 3 is 2.70 bits per heavy atom. The number of ether oxygens (including phenoxy) is 3. The molecule has 0 bridgehead atoms. The molecule has 0 radical (unpaired) electrons. The summed E-state index contributed by atoms with van der Waals surface area (Å²) in [6, 6.07) is 27.4. The highest BCUT2D eigenvalue weighted by Crippen LogP contribution is 2.41. The van der Waals surface area contributed by atoms with Crippen molar-refractivity contribution < 1.29 is 23.4 Å². The molecule has 6 heteroatoms. The normalized spacial score (nSPS) is 17.5. The van der Waals surface area contributed by atoms with E-state index in [0.29, 0.717) is 18.7 Å². The number of hydrogen-bond donors (Lipinski definition) is 1. The molecule has 0 aliphatic carbocycles. The van der Waals surface area contributed by atoms with Gasteiger partial charge in [-0.2, -0.15) is 0 Å². The summed E-state index contributed by atoms with van der Waals surface area (Å²) >= 11 is 0. The zero-order chi connectivity index (χ0) is 25.8. The molecule has 1 aliphatic heterocycles. The Hall–Kier alpha value is -3.90. The van der Waals surface area contributed by atoms with Crippen LogP contribution in [0.1, 0.15) is 42.0 Å². The minimum Gasteiger partial charge on any atom is -0.489 e. The van der Waals surface area contributed by atoms with Gasteiger partial charge in [0.1, 0.15) is 23.4 Å². The van der Waals surface area contributed by atoms with Gasteiger partial charge in [-0.3, -0.25) is 0 Å². The third-order valence-electron chi connectivity index (χ3n) is 6.91. The number of hydrogen-bond acceptors (Lipinski definition) is 5. The van der Waals surface area contributed by atoms with Crippen molar-refractivity contribution in [3.05, 3.63) is 107 Å². The van der Waals surface area contributed by atoms with Crippen LogP contribution in [0.4, 0.5) is 4.39 Å². The highest BCUT2D eigenvalue weighted by molar-refractivity contribution is 5.86. The molecule has 190 valence electrons. The first-order valence-corrected chi connectivity index (χ1v) is 12.5. The zero-order valence-electron chi connectivity index (χ0n) is 20.9. The van der Waals surface area contributed by atoms with Crippen molar-refractivity contribution in [1.82, 2.24) is 5.32 Å². The fourth-order valence-corrected chi connectivity index (χ4v) is 5.05. The maximum Gasteiger partial charge on any atom is 0.343 e. The van der Waals surface area contributed by atoms with Gasteiger partial charge in [0.25, 0.3) is 0 Å². The van der Waals surface area contributed by atoms with E-state index in [1.807, 2.05) is 24.3 Å². The molecular formula is C31H30FNO4. The van der Waals surface area contributed by atoms with Crippen LogP contribution < -0.4 is 14.8 Å². The number of rotatable bonds is 8. The monoisotopic (exact) mass is 499 g/mol. The summed E-state index contributed by atoms with van der Waals surface area (Å²) in [5, 5.41) is 6.10. The molecule has 0 unspecified atom stereocenters. The van der Waals surface area contributed by atoms with Crippen LogP contribution in [-0.2, 0) is 9.53 Å². The van der Waals surface area contributed by atoms with E-state index in [-0.39, 0.29) is 24.7 Å². The number of fused-ring (bicyclic) bond motifs is 2. The van der Waals surface area contributed by atoms with Gasteiger partial charge < -0.3 is 19.5 Å². The van der Waals surface area contributed by atoms with Crippen LogP contribution in [0.25, 0.3) is 10.8 Å². The molecule has 3 atom stereocenters. The fraction of sp³-hybridized carbons (Fsp3) is 0.258. The SMILES string of the molecule is COC(=O)COc1cc(F)cc([C@@H]2C[C@H](CN[C@H](C)c3cccc4ccccc34)Oc3ccccc32)c1. The Kier molecular flexibility index (Phi) is 7.37. The van der Waals surface area contributed by atoms with Crippen LogP contribution in [0.3, 0.4) is 0 Å². The molecule has 1 aliphatic rings. The predicted octanol–water partition coefficient (Wildman–Crippen LogP) is 6.16. The van der Waals surface area contributed by atoms with Crippen molar-refractivity contribution in [2.45, 2.75) is 31.4 Å². The first-order chi connectivity index (χ1) is 18.0. The highest BCUT2D eigenvalue weighted by atomic mass is 19.1. The van der Waals surface area contributed by atoms with Crippen LogP contribution >= 0.6 is 0 Å². The number of carbonyl (C=O) groups excluding carboxylic acids is 1. The van der Waals surface area contributed by atoms with Crippen molar-refractivity contribution in [3.63, 3.8) is 0 Å². The summed E-state index contributed by atoms with van der Waals surface area (Å²) in [6.07, 6.45) is 0.562. The van der Waals surface area contributed by atoms with Gasteiger partial charge >= 0.3 is 5.97 Å². The number of nitrogens with one attached hydrogen (secondary N) is 1. The molecule has 1 heterocycles. The van der Waals surface area contributed by atoms with Crippen LogP contribution in [0.2, 0.25) is 0 Å². The van der Waals surface area contributed by atoms with Gasteiger partial charge in [0, 0.05) is 30.1 Å². The van der Waals surface area contributed by atoms with Crippen molar-refractivity contribution in [2.24, 2.45) is 0 Å². The Bertz CT molecular complexity index is 1400. The molecule has 5 rings (SSSR count). The summed E-state index contributed by atoms with van der Waals surface area (Å²) in [5.74, 6) is 0.0725. The number of esters is 1. The maximum atomic E-state index is 14.6. The number of benzene rings is 4. The van der Waals surface area contributed by atoms with E-state index in [4.69, 9.17) is 9.47 Å². The van der Waals surface area contributed by atoms with Crippen molar-refractivity contribution in [3.8, 4) is 11.5 Å². The number of methoxy groups -OCH3 is 1. The molecule has 0 aromatic heterocycles. The van der Waals surface area contributed by atoms with Gasteiger partial charge in [-0.25, -0.2) is 9.18 Å². The Balaban J connectivity index is 1.36. The molecule has 5 nitrogen and oxygen atoms in total. The van der Waals surface area contributed by atoms with Gasteiger partial charge in [-0.05, 0) is 53.4 Å². The minimum atomic E-state index is -0.520. The summed E-state index contributed by atoms with van der Waals surface area (Å²) in [5.41, 5.74) is 3.02. The summed E-state index contributed by atoms with van der Waals surface area (Å²) in [6.45, 7) is 2.52. The van der Waals surface area contributed by atoms with Gasteiger partial charge in [0.05, 0.1) is 7.11 Å². The van der Waals surface area contributed by atoms with E-state index in [2.05, 4.69) is 59.4 Å². The van der Waals surface area contributed by atoms with E-state index in [0.717, 1.165) is 16.9 Å². The lowest BCUT2D eigenvalue weighted by Crippen LogP contribution is -2.37. The first kappa shape index (κ1) is 24.8. The topological polar surface area (TPSA) is 56.8 Å². The molecule has 0 amide bonds. The summed E-state index contributed by atoms with van der Waals surface area (Å²) in [7, 11) is 1.29. The van der Waals surface area contributed by atoms with Crippen LogP contribution in [0.5, 0.6) is 11.5 Å². The van der Waals surface area contributed by atoms with Gasteiger partial charge in [0.2, 0.25) is 0 Å². The van der Waals surface area contributed by atoms with E-state index in [9.17, 15) is 9.18 Å². The lowest BCUT2D eigenvalue weighted by atomic mass is 9.84. The molecule has 4 aromatic carbocycles. The summed E-state index contributed by atoms with van der Waals surface area (Å²) in [4.78, 5) is 11.5. The quantitative estimate of drug-likeness (QED) is 0.294. The fourth-order valence-electron chi connectivity index (χ4n) is 5.05. The van der Waals surface area contributed by atoms with E-state index in [1.165, 1.54) is 35.6 Å². The van der Waals surface area contributed by atoms with Crippen molar-refractivity contribution >= 4 is 16.7 Å². The van der Waals surface area contributed by atoms with Gasteiger partial charge in [-0.1, -0.05) is 60.7 Å². The molecule has 37 heavy (non-hydrogen) atoms. The third kappa shape index (κ3) is 5.59. The van der Waals surface area contributed by atoms with Crippen LogP contribution in [0, 0.1) is 5.82 Å². The highest BCUT2D eigenvalue weighted by Gasteiger charge is 2.30. The predicted molar refractivity (Wildman–Crippen MR) is 142 cm³/mol. The van der Waals surface area contributed by atoms with E-state index in [1.54, 1.807) is 6.07 Å². The first-order valence-electron chi connectivity index (χ1n) is 12.5. The van der Waals surface area contributed by atoms with Crippen LogP contribution in [0.15, 0.2) is 84.9 Å². The second-order valence-corrected chi connectivity index (χ2v) is 9.35. The van der Waals surface area contributed by atoms with Crippen molar-refractivity contribution in [1.29, 1.82) is 0 Å². The minimum absolute atomic E-state index is 0.0826. The zero-order valence-corrected chi connectivity index (χ0v) is 20.9. The van der Waals surface area contributed by atoms with E-state index < -0.39 is 11.8 Å². The molecule has 0 spiro atoms.